The van der Waals surface area contributed by atoms with Crippen molar-refractivity contribution >= 4 is 12.3 Å². The number of likely N-dealkylation sites (N-methyl/N-ethyl adjacent to an activating group) is 1. The molecule has 0 saturated carbocycles. The van der Waals surface area contributed by atoms with Crippen LogP contribution in [0.25, 0.3) is 0 Å². The molecule has 0 heterocycles. The zero-order chi connectivity index (χ0) is 22.7. The number of carbonyl (C=O) groups excluding carboxylic acids is 2. The minimum atomic E-state index is -0.661. The van der Waals surface area contributed by atoms with Crippen molar-refractivity contribution < 1.29 is 23.1 Å². The Bertz CT molecular complexity index is 660. The summed E-state index contributed by atoms with van der Waals surface area (Å²) in [5.41, 5.74) is -0.549. The summed E-state index contributed by atoms with van der Waals surface area (Å²) in [7, 11) is 1.66. The van der Waals surface area contributed by atoms with Gasteiger partial charge in [-0.2, -0.15) is 0 Å². The lowest BCUT2D eigenvalue weighted by Crippen LogP contribution is -2.50. The molecule has 1 aromatic rings. The van der Waals surface area contributed by atoms with Crippen molar-refractivity contribution in [2.75, 3.05) is 33.4 Å². The monoisotopic (exact) mass is 427 g/mol. The molecule has 3 N–H and O–H groups in total. The Morgan fingerprint density at radius 3 is 2.37 bits per heavy atom. The Kier molecular flexibility index (Phi) is 10.9. The molecule has 170 valence electrons. The zero-order valence-electron chi connectivity index (χ0n) is 18.6. The predicted molar refractivity (Wildman–Crippen MR) is 113 cm³/mol. The maximum Gasteiger partial charge on any atom is 0.234 e. The van der Waals surface area contributed by atoms with Gasteiger partial charge in [0.1, 0.15) is 11.6 Å². The number of halogens is 2. The van der Waals surface area contributed by atoms with E-state index in [1.54, 1.807) is 7.05 Å². The third-order valence-electron chi connectivity index (χ3n) is 4.99. The fraction of sp³-hybridized carbons (Fsp3) is 0.636. The molecule has 8 heteroatoms. The van der Waals surface area contributed by atoms with E-state index in [0.717, 1.165) is 0 Å². The first-order chi connectivity index (χ1) is 14.1. The molecule has 30 heavy (non-hydrogen) atoms. The second kappa shape index (κ2) is 12.6. The summed E-state index contributed by atoms with van der Waals surface area (Å²) in [4.78, 5) is 23.2. The van der Waals surface area contributed by atoms with Gasteiger partial charge in [-0.25, -0.2) is 8.78 Å². The molecule has 2 amide bonds. The summed E-state index contributed by atoms with van der Waals surface area (Å²) in [6, 6.07) is 3.22. The molecule has 0 saturated heterocycles. The summed E-state index contributed by atoms with van der Waals surface area (Å²) in [5, 5.41) is 8.39. The van der Waals surface area contributed by atoms with E-state index < -0.39 is 29.0 Å². The first-order valence-corrected chi connectivity index (χ1v) is 10.3. The van der Waals surface area contributed by atoms with Crippen LogP contribution in [0.1, 0.15) is 45.6 Å². The number of hydrogen-bond donors (Lipinski definition) is 3. The van der Waals surface area contributed by atoms with Crippen LogP contribution in [0, 0.1) is 23.0 Å². The second-order valence-corrected chi connectivity index (χ2v) is 8.47. The molecule has 6 nitrogen and oxygen atoms in total. The van der Waals surface area contributed by atoms with Gasteiger partial charge in [0.15, 0.2) is 0 Å². The minimum absolute atomic E-state index is 0.0604. The van der Waals surface area contributed by atoms with E-state index >= 15 is 0 Å². The lowest BCUT2D eigenvalue weighted by molar-refractivity contribution is -0.122. The largest absolute Gasteiger partial charge is 0.381 e. The quantitative estimate of drug-likeness (QED) is 0.423. The summed E-state index contributed by atoms with van der Waals surface area (Å²) < 4.78 is 35.2. The number of amides is 2. The summed E-state index contributed by atoms with van der Waals surface area (Å²) >= 11 is 0. The Morgan fingerprint density at radius 2 is 1.87 bits per heavy atom. The normalized spacial score (nSPS) is 14.6. The lowest BCUT2D eigenvalue weighted by atomic mass is 9.72. The Labute approximate surface area is 178 Å². The van der Waals surface area contributed by atoms with Crippen LogP contribution in [0.3, 0.4) is 0 Å². The van der Waals surface area contributed by atoms with Crippen LogP contribution in [0.5, 0.6) is 0 Å². The second-order valence-electron chi connectivity index (χ2n) is 8.47. The molecule has 3 unspecified atom stereocenters. The van der Waals surface area contributed by atoms with E-state index in [1.165, 1.54) is 18.2 Å². The van der Waals surface area contributed by atoms with Gasteiger partial charge in [0.05, 0.1) is 13.2 Å². The van der Waals surface area contributed by atoms with Crippen LogP contribution in [0.2, 0.25) is 0 Å². The highest BCUT2D eigenvalue weighted by Gasteiger charge is 2.38. The zero-order valence-corrected chi connectivity index (χ0v) is 18.6. The highest BCUT2D eigenvalue weighted by atomic mass is 19.1. The topological polar surface area (TPSA) is 79.5 Å². The van der Waals surface area contributed by atoms with Crippen molar-refractivity contribution in [2.45, 2.75) is 46.1 Å². The molecule has 0 aliphatic rings. The molecule has 0 spiro atoms. The molecule has 0 fully saturated rings. The first-order valence-electron chi connectivity index (χ1n) is 10.3. The maximum atomic E-state index is 14.8. The van der Waals surface area contributed by atoms with Crippen molar-refractivity contribution in [2.24, 2.45) is 11.3 Å². The van der Waals surface area contributed by atoms with Gasteiger partial charge in [0.2, 0.25) is 12.3 Å². The molecular formula is C22H35F2N3O3. The fourth-order valence-corrected chi connectivity index (χ4v) is 3.66. The predicted octanol–water partition coefficient (Wildman–Crippen LogP) is 2.59. The van der Waals surface area contributed by atoms with Gasteiger partial charge in [-0.3, -0.25) is 9.59 Å². The molecule has 3 atom stereocenters. The van der Waals surface area contributed by atoms with E-state index in [4.69, 9.17) is 4.74 Å². The number of ether oxygens (including phenoxy) is 1. The minimum Gasteiger partial charge on any atom is -0.381 e. The fourth-order valence-electron chi connectivity index (χ4n) is 3.66. The molecular weight excluding hydrogens is 392 g/mol. The molecule has 0 aromatic heterocycles. The summed E-state index contributed by atoms with van der Waals surface area (Å²) in [5.74, 6) is -2.42. The van der Waals surface area contributed by atoms with Gasteiger partial charge in [-0.1, -0.05) is 26.8 Å². The summed E-state index contributed by atoms with van der Waals surface area (Å²) in [6.07, 6.45) is 0.911. The van der Waals surface area contributed by atoms with Gasteiger partial charge in [0.25, 0.3) is 0 Å². The SMILES string of the molecule is CCOCC(CNC=O)CC(c1c(F)cccc1F)C(NC(=O)CNC)C(C)(C)C. The van der Waals surface area contributed by atoms with Gasteiger partial charge in [-0.15, -0.1) is 0 Å². The van der Waals surface area contributed by atoms with Gasteiger partial charge in [0, 0.05) is 36.6 Å². The van der Waals surface area contributed by atoms with Crippen LogP contribution in [-0.2, 0) is 14.3 Å². The van der Waals surface area contributed by atoms with Crippen LogP contribution in [0.4, 0.5) is 8.78 Å². The van der Waals surface area contributed by atoms with Crippen LogP contribution in [-0.4, -0.2) is 51.7 Å². The average Bonchev–Trinajstić information content (AvgIpc) is 2.66. The van der Waals surface area contributed by atoms with Crippen molar-refractivity contribution in [1.82, 2.24) is 16.0 Å². The number of hydrogen-bond acceptors (Lipinski definition) is 4. The van der Waals surface area contributed by atoms with E-state index in [1.807, 2.05) is 27.7 Å². The van der Waals surface area contributed by atoms with Crippen molar-refractivity contribution in [3.05, 3.63) is 35.4 Å². The Balaban J connectivity index is 3.41. The first kappa shape index (κ1) is 26.0. The number of benzene rings is 1. The maximum absolute atomic E-state index is 14.8. The van der Waals surface area contributed by atoms with E-state index in [2.05, 4.69) is 16.0 Å². The molecule has 1 aromatic carbocycles. The number of rotatable bonds is 13. The van der Waals surface area contributed by atoms with Gasteiger partial charge >= 0.3 is 0 Å². The number of carbonyl (C=O) groups is 2. The van der Waals surface area contributed by atoms with Crippen molar-refractivity contribution in [3.63, 3.8) is 0 Å². The molecule has 0 radical (unpaired) electrons. The molecule has 0 aliphatic heterocycles. The smallest absolute Gasteiger partial charge is 0.234 e. The highest BCUT2D eigenvalue weighted by Crippen LogP contribution is 2.38. The van der Waals surface area contributed by atoms with E-state index in [9.17, 15) is 18.4 Å². The third-order valence-corrected chi connectivity index (χ3v) is 4.99. The average molecular weight is 428 g/mol. The Hall–Kier alpha value is -2.06. The summed E-state index contributed by atoms with van der Waals surface area (Å²) in [6.45, 7) is 8.82. The number of nitrogens with one attached hydrogen (secondary N) is 3. The highest BCUT2D eigenvalue weighted by molar-refractivity contribution is 5.78. The molecule has 0 bridgehead atoms. The van der Waals surface area contributed by atoms with E-state index in [-0.39, 0.29) is 23.9 Å². The standard InChI is InChI=1S/C22H35F2N3O3/c1-6-30-13-15(11-26-14-28)10-16(20-17(23)8-7-9-18(20)24)21(22(2,3)4)27-19(29)12-25-5/h7-9,14-16,21,25H,6,10-13H2,1-5H3,(H,26,28)(H,27,29). The molecule has 0 aliphatic carbocycles. The Morgan fingerprint density at radius 1 is 1.23 bits per heavy atom. The van der Waals surface area contributed by atoms with Crippen molar-refractivity contribution in [3.8, 4) is 0 Å². The lowest BCUT2D eigenvalue weighted by Gasteiger charge is -2.39. The van der Waals surface area contributed by atoms with Crippen LogP contribution in [0.15, 0.2) is 18.2 Å². The van der Waals surface area contributed by atoms with Crippen molar-refractivity contribution in [1.29, 1.82) is 0 Å². The van der Waals surface area contributed by atoms with E-state index in [0.29, 0.717) is 32.6 Å². The third kappa shape index (κ3) is 7.99. The van der Waals surface area contributed by atoms with Crippen LogP contribution < -0.4 is 16.0 Å². The molecule has 1 rings (SSSR count). The van der Waals surface area contributed by atoms with Gasteiger partial charge < -0.3 is 20.7 Å². The van der Waals surface area contributed by atoms with Gasteiger partial charge in [-0.05, 0) is 37.9 Å². The van der Waals surface area contributed by atoms with Crippen LogP contribution >= 0.6 is 0 Å².